The summed E-state index contributed by atoms with van der Waals surface area (Å²) in [5.74, 6) is 0. The molecule has 0 aromatic rings. The predicted molar refractivity (Wildman–Crippen MR) is 59.9 cm³/mol. The molecule has 0 aliphatic carbocycles. The number of nitrogens with zero attached hydrogens (tertiary/aromatic N) is 1. The van der Waals surface area contributed by atoms with Crippen molar-refractivity contribution in [2.24, 2.45) is 0 Å². The van der Waals surface area contributed by atoms with E-state index in [1.807, 2.05) is 7.05 Å². The lowest BCUT2D eigenvalue weighted by molar-refractivity contribution is -0.908. The monoisotopic (exact) mass is 187 g/mol. The van der Waals surface area contributed by atoms with Crippen LogP contribution in [0.25, 0.3) is 0 Å². The van der Waals surface area contributed by atoms with Crippen LogP contribution in [-0.4, -0.2) is 44.8 Å². The minimum Gasteiger partial charge on any atom is -0.325 e. The molecule has 0 bridgehead atoms. The quantitative estimate of drug-likeness (QED) is 0.572. The lowest BCUT2D eigenvalue weighted by Gasteiger charge is -2.34. The number of likely N-dealkylation sites (N-methyl/N-ethyl adjacent to an activating group) is 2. The van der Waals surface area contributed by atoms with Crippen LogP contribution in [0.4, 0.5) is 0 Å². The first-order valence-corrected chi connectivity index (χ1v) is 5.66. The fourth-order valence-electron chi connectivity index (χ4n) is 1.80. The average molecular weight is 187 g/mol. The molecule has 1 atom stereocenters. The Morgan fingerprint density at radius 2 is 1.69 bits per heavy atom. The molecule has 0 radical (unpaired) electrons. The highest BCUT2D eigenvalue weighted by Gasteiger charge is 2.18. The molecule has 0 rings (SSSR count). The van der Waals surface area contributed by atoms with Crippen LogP contribution < -0.4 is 5.32 Å². The van der Waals surface area contributed by atoms with E-state index < -0.39 is 0 Å². The normalized spacial score (nSPS) is 15.7. The highest BCUT2D eigenvalue weighted by atomic mass is 15.3. The van der Waals surface area contributed by atoms with Gasteiger partial charge in [0.2, 0.25) is 0 Å². The summed E-state index contributed by atoms with van der Waals surface area (Å²) in [6.07, 6.45) is 3.97. The van der Waals surface area contributed by atoms with E-state index in [1.54, 1.807) is 0 Å². The van der Waals surface area contributed by atoms with Gasteiger partial charge in [-0.05, 0) is 19.9 Å². The highest BCUT2D eigenvalue weighted by Crippen LogP contribution is 2.06. The Morgan fingerprint density at radius 1 is 1.00 bits per heavy atom. The molecule has 2 heteroatoms. The molecule has 80 valence electrons. The molecule has 0 aromatic carbocycles. The van der Waals surface area contributed by atoms with E-state index in [0.717, 1.165) is 6.54 Å². The van der Waals surface area contributed by atoms with Crippen LogP contribution in [-0.2, 0) is 0 Å². The number of hydrogen-bond donors (Lipinski definition) is 1. The van der Waals surface area contributed by atoms with E-state index in [-0.39, 0.29) is 0 Å². The average Bonchev–Trinajstić information content (AvgIpc) is 2.12. The minimum atomic E-state index is 1.14. The molecule has 0 aliphatic heterocycles. The Balaban J connectivity index is 3.84. The smallest absolute Gasteiger partial charge is 0.0911 e. The van der Waals surface area contributed by atoms with E-state index >= 15 is 0 Å². The van der Waals surface area contributed by atoms with Crippen molar-refractivity contribution in [1.29, 1.82) is 0 Å². The van der Waals surface area contributed by atoms with Gasteiger partial charge in [0.1, 0.15) is 0 Å². The number of rotatable bonds is 8. The van der Waals surface area contributed by atoms with Gasteiger partial charge in [-0.25, -0.2) is 0 Å². The van der Waals surface area contributed by atoms with Crippen LogP contribution in [0.3, 0.4) is 0 Å². The molecule has 1 N–H and O–H groups in total. The fourth-order valence-corrected chi connectivity index (χ4v) is 1.80. The van der Waals surface area contributed by atoms with Crippen molar-refractivity contribution in [3.05, 3.63) is 0 Å². The van der Waals surface area contributed by atoms with Gasteiger partial charge in [-0.1, -0.05) is 20.3 Å². The summed E-state index contributed by atoms with van der Waals surface area (Å²) < 4.78 is 1.24. The molecule has 0 amide bonds. The molecule has 0 saturated carbocycles. The summed E-state index contributed by atoms with van der Waals surface area (Å²) in [4.78, 5) is 0. The molecule has 0 saturated heterocycles. The van der Waals surface area contributed by atoms with Gasteiger partial charge in [-0.3, -0.25) is 0 Å². The van der Waals surface area contributed by atoms with Crippen LogP contribution >= 0.6 is 0 Å². The maximum atomic E-state index is 3.24. The molecule has 0 aromatic heterocycles. The maximum Gasteiger partial charge on any atom is 0.0911 e. The summed E-state index contributed by atoms with van der Waals surface area (Å²) in [5.41, 5.74) is 0. The molecule has 2 nitrogen and oxygen atoms in total. The Labute approximate surface area is 83.9 Å². The van der Waals surface area contributed by atoms with Gasteiger partial charge in [-0.15, -0.1) is 0 Å². The van der Waals surface area contributed by atoms with Gasteiger partial charge >= 0.3 is 0 Å². The summed E-state index contributed by atoms with van der Waals surface area (Å²) in [5, 5.41) is 3.24. The van der Waals surface area contributed by atoms with Crippen molar-refractivity contribution in [2.75, 3.05) is 40.3 Å². The van der Waals surface area contributed by atoms with Gasteiger partial charge < -0.3 is 9.80 Å². The van der Waals surface area contributed by atoms with Crippen molar-refractivity contribution in [2.45, 2.75) is 33.1 Å². The second kappa shape index (κ2) is 7.34. The van der Waals surface area contributed by atoms with E-state index in [0.29, 0.717) is 0 Å². The first-order valence-electron chi connectivity index (χ1n) is 5.66. The number of nitrogens with one attached hydrogen (secondary N) is 1. The maximum absolute atomic E-state index is 3.24. The Hall–Kier alpha value is -0.0800. The van der Waals surface area contributed by atoms with Crippen molar-refractivity contribution >= 4 is 0 Å². The second-order valence-electron chi connectivity index (χ2n) is 4.25. The van der Waals surface area contributed by atoms with Crippen LogP contribution in [0.5, 0.6) is 0 Å². The van der Waals surface area contributed by atoms with Gasteiger partial charge in [0, 0.05) is 6.54 Å². The van der Waals surface area contributed by atoms with Gasteiger partial charge in [0.25, 0.3) is 0 Å². The molecular weight excluding hydrogens is 160 g/mol. The standard InChI is InChI=1S/C11H27N2/c1-5-7-10-13(4,9-6-2)11-8-12-3/h12H,5-11H2,1-4H3/q+1. The molecule has 1 unspecified atom stereocenters. The zero-order valence-corrected chi connectivity index (χ0v) is 9.90. The third kappa shape index (κ3) is 6.05. The van der Waals surface area contributed by atoms with Crippen LogP contribution in [0.2, 0.25) is 0 Å². The second-order valence-corrected chi connectivity index (χ2v) is 4.25. The van der Waals surface area contributed by atoms with E-state index in [4.69, 9.17) is 0 Å². The Kier molecular flexibility index (Phi) is 7.29. The molecule has 0 spiro atoms. The van der Waals surface area contributed by atoms with E-state index in [2.05, 4.69) is 26.2 Å². The number of quaternary nitrogens is 1. The van der Waals surface area contributed by atoms with Gasteiger partial charge in [0.05, 0.1) is 26.7 Å². The topological polar surface area (TPSA) is 12.0 Å². The highest BCUT2D eigenvalue weighted by molar-refractivity contribution is 4.44. The van der Waals surface area contributed by atoms with Gasteiger partial charge in [0.15, 0.2) is 0 Å². The summed E-state index contributed by atoms with van der Waals surface area (Å²) in [6.45, 7) is 9.62. The van der Waals surface area contributed by atoms with Crippen molar-refractivity contribution < 1.29 is 4.48 Å². The van der Waals surface area contributed by atoms with Crippen LogP contribution in [0, 0.1) is 0 Å². The van der Waals surface area contributed by atoms with Gasteiger partial charge in [-0.2, -0.15) is 0 Å². The largest absolute Gasteiger partial charge is 0.325 e. The van der Waals surface area contributed by atoms with Crippen molar-refractivity contribution in [1.82, 2.24) is 5.32 Å². The van der Waals surface area contributed by atoms with Crippen molar-refractivity contribution in [3.8, 4) is 0 Å². The fraction of sp³-hybridized carbons (Fsp3) is 1.00. The van der Waals surface area contributed by atoms with Crippen LogP contribution in [0.15, 0.2) is 0 Å². The minimum absolute atomic E-state index is 1.14. The molecule has 0 fully saturated rings. The molecule has 0 aliphatic rings. The van der Waals surface area contributed by atoms with Crippen molar-refractivity contribution in [3.63, 3.8) is 0 Å². The molecular formula is C11H27N2+. The number of hydrogen-bond acceptors (Lipinski definition) is 1. The lowest BCUT2D eigenvalue weighted by atomic mass is 10.2. The lowest BCUT2D eigenvalue weighted by Crippen LogP contribution is -2.48. The predicted octanol–water partition coefficient (Wildman–Crippen LogP) is 1.86. The first kappa shape index (κ1) is 12.9. The van der Waals surface area contributed by atoms with Crippen LogP contribution in [0.1, 0.15) is 33.1 Å². The summed E-state index contributed by atoms with van der Waals surface area (Å²) in [7, 11) is 4.42. The third-order valence-corrected chi connectivity index (χ3v) is 2.72. The first-order chi connectivity index (χ1) is 6.18. The number of unbranched alkanes of at least 4 members (excludes halogenated alkanes) is 1. The summed E-state index contributed by atoms with van der Waals surface area (Å²) in [6, 6.07) is 0. The zero-order valence-electron chi connectivity index (χ0n) is 9.90. The molecule has 0 heterocycles. The van der Waals surface area contributed by atoms with E-state index in [9.17, 15) is 0 Å². The zero-order chi connectivity index (χ0) is 10.2. The molecule has 13 heavy (non-hydrogen) atoms. The van der Waals surface area contributed by atoms with E-state index in [1.165, 1.54) is 43.4 Å². The Morgan fingerprint density at radius 3 is 2.15 bits per heavy atom. The summed E-state index contributed by atoms with van der Waals surface area (Å²) >= 11 is 0. The SMILES string of the molecule is CCCC[N+](C)(CCC)CCNC. The third-order valence-electron chi connectivity index (χ3n) is 2.72. The Bertz CT molecular complexity index is 105.